The largest absolute Gasteiger partial charge is 0.464 e. The molecule has 3 aromatic carbocycles. The lowest BCUT2D eigenvalue weighted by molar-refractivity contribution is -0.139. The van der Waals surface area contributed by atoms with Gasteiger partial charge in [0.15, 0.2) is 6.10 Å². The molecule has 0 aliphatic carbocycles. The summed E-state index contributed by atoms with van der Waals surface area (Å²) in [5.41, 5.74) is 4.52. The first kappa shape index (κ1) is 28.3. The lowest BCUT2D eigenvalue weighted by Crippen LogP contribution is -2.58. The Hall–Kier alpha value is -4.70. The Kier molecular flexibility index (Phi) is 9.48. The van der Waals surface area contributed by atoms with Gasteiger partial charge in [-0.15, -0.1) is 0 Å². The average Bonchev–Trinajstić information content (AvgIpc) is 3.33. The van der Waals surface area contributed by atoms with E-state index < -0.39 is 36.1 Å². The number of hydrazine groups is 1. The molecule has 1 saturated heterocycles. The molecule has 1 aliphatic heterocycles. The molecule has 2 unspecified atom stereocenters. The van der Waals surface area contributed by atoms with Crippen molar-refractivity contribution in [3.63, 3.8) is 0 Å². The molecule has 3 atom stereocenters. The molecule has 4 N–H and O–H groups in total. The van der Waals surface area contributed by atoms with Gasteiger partial charge in [-0.05, 0) is 29.5 Å². The molecule has 0 radical (unpaired) electrons. The number of hydrogen-bond acceptors (Lipinski definition) is 5. The van der Waals surface area contributed by atoms with Crippen molar-refractivity contribution < 1.29 is 29.4 Å². The Balaban J connectivity index is 1.49. The minimum absolute atomic E-state index is 0.103. The molecule has 0 bridgehead atoms. The van der Waals surface area contributed by atoms with Gasteiger partial charge in [-0.1, -0.05) is 91.0 Å². The summed E-state index contributed by atoms with van der Waals surface area (Å²) in [4.78, 5) is 52.4. The second kappa shape index (κ2) is 13.4. The van der Waals surface area contributed by atoms with E-state index in [0.29, 0.717) is 17.0 Å². The number of nitrogens with zero attached hydrogens (tertiary/aromatic N) is 2. The number of likely N-dealkylation sites (tertiary alicyclic amines) is 1. The highest BCUT2D eigenvalue weighted by Crippen LogP contribution is 2.22. The molecular weight excluding hydrogens is 512 g/mol. The number of amides is 4. The first-order valence-corrected chi connectivity index (χ1v) is 13.0. The monoisotopic (exact) mass is 544 g/mol. The van der Waals surface area contributed by atoms with Crippen LogP contribution in [0.3, 0.4) is 0 Å². The molecule has 1 aliphatic rings. The van der Waals surface area contributed by atoms with Crippen molar-refractivity contribution >= 4 is 23.8 Å². The van der Waals surface area contributed by atoms with Crippen molar-refractivity contribution in [3.05, 3.63) is 108 Å². The van der Waals surface area contributed by atoms with Gasteiger partial charge in [0.25, 0.3) is 5.91 Å². The van der Waals surface area contributed by atoms with E-state index in [1.54, 1.807) is 54.6 Å². The zero-order valence-electron chi connectivity index (χ0n) is 21.8. The second-order valence-corrected chi connectivity index (χ2v) is 9.64. The summed E-state index contributed by atoms with van der Waals surface area (Å²) in [6, 6.07) is 25.2. The molecule has 0 aromatic heterocycles. The second-order valence-electron chi connectivity index (χ2n) is 9.64. The molecule has 0 spiro atoms. The highest BCUT2D eigenvalue weighted by Gasteiger charge is 2.38. The molecule has 10 nitrogen and oxygen atoms in total. The van der Waals surface area contributed by atoms with E-state index in [4.69, 9.17) is 0 Å². The number of benzene rings is 3. The van der Waals surface area contributed by atoms with Gasteiger partial charge >= 0.3 is 6.09 Å². The molecule has 40 heavy (non-hydrogen) atoms. The summed E-state index contributed by atoms with van der Waals surface area (Å²) >= 11 is 0. The summed E-state index contributed by atoms with van der Waals surface area (Å²) in [6.45, 7) is 0.125. The molecule has 1 fully saturated rings. The van der Waals surface area contributed by atoms with Crippen molar-refractivity contribution in [3.8, 4) is 0 Å². The van der Waals surface area contributed by atoms with E-state index in [1.807, 2.05) is 36.4 Å². The first-order chi connectivity index (χ1) is 19.3. The summed E-state index contributed by atoms with van der Waals surface area (Å²) in [5, 5.41) is 24.1. The molecule has 3 aromatic rings. The Morgan fingerprint density at radius 2 is 1.43 bits per heavy atom. The molecule has 4 amide bonds. The van der Waals surface area contributed by atoms with Crippen LogP contribution in [0.5, 0.6) is 0 Å². The van der Waals surface area contributed by atoms with Crippen LogP contribution in [0.25, 0.3) is 0 Å². The van der Waals surface area contributed by atoms with Gasteiger partial charge in [0.05, 0.1) is 12.6 Å². The van der Waals surface area contributed by atoms with Crippen molar-refractivity contribution in [2.24, 2.45) is 0 Å². The maximum Gasteiger partial charge on any atom is 0.426 e. The normalized spacial score (nSPS) is 16.2. The van der Waals surface area contributed by atoms with Gasteiger partial charge in [0.1, 0.15) is 6.04 Å². The molecular formula is C30H32N4O6. The number of carbonyl (C=O) groups excluding carboxylic acids is 3. The van der Waals surface area contributed by atoms with Gasteiger partial charge in [-0.3, -0.25) is 19.8 Å². The number of carboxylic acid groups (broad SMARTS) is 1. The van der Waals surface area contributed by atoms with Crippen LogP contribution in [0.15, 0.2) is 91.0 Å². The standard InChI is InChI=1S/C30H32N4O6/c35-26-17-16-25(33(26)19-22-12-6-2-7-13-22)28(37)31-24(18-21-10-4-1-5-11-21)27(36)29(38)32-34(30(39)40)20-23-14-8-3-9-15-23/h1-15,24-25,27,36H,16-20H2,(H,31,37)(H,32,38)(H,39,40)/t24?,25-,27?/m1/s1. The fourth-order valence-electron chi connectivity index (χ4n) is 4.68. The SMILES string of the molecule is O=C(NN(Cc1ccccc1)C(=O)O)C(O)C(Cc1ccccc1)NC(=O)[C@H]1CCC(=O)N1Cc1ccccc1. The minimum Gasteiger partial charge on any atom is -0.464 e. The summed E-state index contributed by atoms with van der Waals surface area (Å²) in [6.07, 6.45) is -2.56. The Bertz CT molecular complexity index is 1310. The molecule has 0 saturated carbocycles. The number of hydrogen-bond donors (Lipinski definition) is 4. The number of rotatable bonds is 10. The van der Waals surface area contributed by atoms with Gasteiger partial charge in [0, 0.05) is 13.0 Å². The minimum atomic E-state index is -1.78. The third-order valence-corrected chi connectivity index (χ3v) is 6.76. The molecule has 10 heteroatoms. The highest BCUT2D eigenvalue weighted by molar-refractivity contribution is 5.91. The van der Waals surface area contributed by atoms with Gasteiger partial charge in [-0.25, -0.2) is 9.80 Å². The zero-order chi connectivity index (χ0) is 28.5. The van der Waals surface area contributed by atoms with Crippen molar-refractivity contribution in [2.75, 3.05) is 0 Å². The predicted octanol–water partition coefficient (Wildman–Crippen LogP) is 2.48. The fourth-order valence-corrected chi connectivity index (χ4v) is 4.68. The smallest absolute Gasteiger partial charge is 0.426 e. The maximum absolute atomic E-state index is 13.4. The van der Waals surface area contributed by atoms with Crippen LogP contribution in [0.1, 0.15) is 29.5 Å². The van der Waals surface area contributed by atoms with Crippen molar-refractivity contribution in [1.82, 2.24) is 20.7 Å². The summed E-state index contributed by atoms with van der Waals surface area (Å²) in [7, 11) is 0. The predicted molar refractivity (Wildman–Crippen MR) is 146 cm³/mol. The quantitative estimate of drug-likeness (QED) is 0.289. The molecule has 208 valence electrons. The Morgan fingerprint density at radius 1 is 0.875 bits per heavy atom. The van der Waals surface area contributed by atoms with Crippen LogP contribution in [0.4, 0.5) is 4.79 Å². The van der Waals surface area contributed by atoms with E-state index in [9.17, 15) is 29.4 Å². The van der Waals surface area contributed by atoms with E-state index in [0.717, 1.165) is 11.1 Å². The van der Waals surface area contributed by atoms with Crippen LogP contribution in [0.2, 0.25) is 0 Å². The van der Waals surface area contributed by atoms with Crippen molar-refractivity contribution in [2.45, 2.75) is 50.5 Å². The molecule has 1 heterocycles. The third-order valence-electron chi connectivity index (χ3n) is 6.76. The lowest BCUT2D eigenvalue weighted by atomic mass is 10.00. The number of aliphatic hydroxyl groups is 1. The van der Waals surface area contributed by atoms with E-state index >= 15 is 0 Å². The van der Waals surface area contributed by atoms with Crippen LogP contribution >= 0.6 is 0 Å². The van der Waals surface area contributed by atoms with E-state index in [1.165, 1.54) is 4.90 Å². The van der Waals surface area contributed by atoms with Crippen LogP contribution in [0, 0.1) is 0 Å². The topological polar surface area (TPSA) is 139 Å². The maximum atomic E-state index is 13.4. The summed E-state index contributed by atoms with van der Waals surface area (Å²) in [5.74, 6) is -1.63. The van der Waals surface area contributed by atoms with Crippen molar-refractivity contribution in [1.29, 1.82) is 0 Å². The first-order valence-electron chi connectivity index (χ1n) is 13.0. The van der Waals surface area contributed by atoms with Crippen LogP contribution in [-0.4, -0.2) is 62.1 Å². The summed E-state index contributed by atoms with van der Waals surface area (Å²) < 4.78 is 0. The highest BCUT2D eigenvalue weighted by atomic mass is 16.4. The number of nitrogens with one attached hydrogen (secondary N) is 2. The van der Waals surface area contributed by atoms with E-state index in [-0.39, 0.29) is 31.8 Å². The Labute approximate surface area is 232 Å². The molecule has 4 rings (SSSR count). The lowest BCUT2D eigenvalue weighted by Gasteiger charge is -2.29. The third kappa shape index (κ3) is 7.45. The fraction of sp³-hybridized carbons (Fsp3) is 0.267. The zero-order valence-corrected chi connectivity index (χ0v) is 21.8. The number of carbonyl (C=O) groups is 4. The average molecular weight is 545 g/mol. The van der Waals surface area contributed by atoms with Gasteiger partial charge in [0.2, 0.25) is 11.8 Å². The van der Waals surface area contributed by atoms with Crippen LogP contribution < -0.4 is 10.7 Å². The number of aliphatic hydroxyl groups excluding tert-OH is 1. The van der Waals surface area contributed by atoms with E-state index in [2.05, 4.69) is 10.7 Å². The Morgan fingerprint density at radius 3 is 2.00 bits per heavy atom. The van der Waals surface area contributed by atoms with Gasteiger partial charge < -0.3 is 20.4 Å². The van der Waals surface area contributed by atoms with Gasteiger partial charge in [-0.2, -0.15) is 0 Å². The van der Waals surface area contributed by atoms with Crippen LogP contribution in [-0.2, 0) is 33.9 Å².